The summed E-state index contributed by atoms with van der Waals surface area (Å²) < 4.78 is 0.984. The van der Waals surface area contributed by atoms with Crippen LogP contribution in [0.2, 0.25) is 5.02 Å². The van der Waals surface area contributed by atoms with Crippen molar-refractivity contribution in [3.05, 3.63) is 75.4 Å². The van der Waals surface area contributed by atoms with Crippen molar-refractivity contribution in [1.82, 2.24) is 4.98 Å². The summed E-state index contributed by atoms with van der Waals surface area (Å²) in [5.74, 6) is 0. The molecule has 21 heavy (non-hydrogen) atoms. The summed E-state index contributed by atoms with van der Waals surface area (Å²) in [7, 11) is 0. The molecule has 0 aliphatic carbocycles. The van der Waals surface area contributed by atoms with E-state index in [-0.39, 0.29) is 6.04 Å². The number of nitrogens with zero attached hydrogens (tertiary/aromatic N) is 1. The fourth-order valence-corrected chi connectivity index (χ4v) is 3.20. The lowest BCUT2D eigenvalue weighted by Gasteiger charge is -2.15. The number of hydrogen-bond donors (Lipinski definition) is 1. The van der Waals surface area contributed by atoms with Gasteiger partial charge in [-0.15, -0.1) is 0 Å². The molecular formula is C17H14BrClN2. The van der Waals surface area contributed by atoms with E-state index >= 15 is 0 Å². The molecule has 4 heteroatoms. The van der Waals surface area contributed by atoms with Gasteiger partial charge in [-0.2, -0.15) is 0 Å². The topological polar surface area (TPSA) is 38.9 Å². The van der Waals surface area contributed by atoms with E-state index in [2.05, 4.69) is 27.0 Å². The van der Waals surface area contributed by atoms with Crippen LogP contribution in [0.25, 0.3) is 10.9 Å². The zero-order valence-electron chi connectivity index (χ0n) is 11.3. The van der Waals surface area contributed by atoms with Crippen LogP contribution in [0.15, 0.2) is 59.2 Å². The SMILES string of the molecule is NC(Cc1ccnc2ccccc12)c1cc(Cl)ccc1Br. The van der Waals surface area contributed by atoms with E-state index in [4.69, 9.17) is 17.3 Å². The van der Waals surface area contributed by atoms with Gasteiger partial charge in [0.1, 0.15) is 0 Å². The average Bonchev–Trinajstić information content (AvgIpc) is 2.50. The van der Waals surface area contributed by atoms with E-state index in [0.717, 1.165) is 27.4 Å². The van der Waals surface area contributed by atoms with Crippen molar-refractivity contribution in [2.75, 3.05) is 0 Å². The van der Waals surface area contributed by atoms with Crippen molar-refractivity contribution in [3.8, 4) is 0 Å². The predicted octanol–water partition coefficient (Wildman–Crippen LogP) is 4.89. The van der Waals surface area contributed by atoms with Gasteiger partial charge in [0.2, 0.25) is 0 Å². The van der Waals surface area contributed by atoms with Gasteiger partial charge in [-0.3, -0.25) is 4.98 Å². The minimum atomic E-state index is -0.121. The Morgan fingerprint density at radius 3 is 2.81 bits per heavy atom. The fraction of sp³-hybridized carbons (Fsp3) is 0.118. The summed E-state index contributed by atoms with van der Waals surface area (Å²) >= 11 is 9.62. The molecule has 0 bridgehead atoms. The molecule has 0 radical (unpaired) electrons. The minimum absolute atomic E-state index is 0.121. The molecule has 3 aromatic rings. The first-order valence-electron chi connectivity index (χ1n) is 6.68. The highest BCUT2D eigenvalue weighted by Gasteiger charge is 2.13. The molecule has 0 spiro atoms. The first-order chi connectivity index (χ1) is 10.1. The average molecular weight is 362 g/mol. The van der Waals surface area contributed by atoms with Crippen LogP contribution >= 0.6 is 27.5 Å². The first kappa shape index (κ1) is 14.5. The van der Waals surface area contributed by atoms with Crippen molar-refractivity contribution < 1.29 is 0 Å². The number of para-hydroxylation sites is 1. The number of aromatic nitrogens is 1. The number of halogens is 2. The highest BCUT2D eigenvalue weighted by molar-refractivity contribution is 9.10. The van der Waals surface area contributed by atoms with E-state index in [9.17, 15) is 0 Å². The van der Waals surface area contributed by atoms with E-state index in [1.807, 2.05) is 48.7 Å². The smallest absolute Gasteiger partial charge is 0.0704 e. The van der Waals surface area contributed by atoms with Crippen LogP contribution in [-0.4, -0.2) is 4.98 Å². The van der Waals surface area contributed by atoms with Gasteiger partial charge in [0.15, 0.2) is 0 Å². The Bertz CT molecular complexity index is 783. The first-order valence-corrected chi connectivity index (χ1v) is 7.85. The van der Waals surface area contributed by atoms with Gasteiger partial charge in [-0.05, 0) is 47.9 Å². The Balaban J connectivity index is 1.96. The number of fused-ring (bicyclic) bond motifs is 1. The van der Waals surface area contributed by atoms with Gasteiger partial charge < -0.3 is 5.73 Å². The van der Waals surface area contributed by atoms with Crippen molar-refractivity contribution in [1.29, 1.82) is 0 Å². The van der Waals surface area contributed by atoms with Crippen LogP contribution in [0.5, 0.6) is 0 Å². The summed E-state index contributed by atoms with van der Waals surface area (Å²) in [6.45, 7) is 0. The second-order valence-electron chi connectivity index (χ2n) is 4.96. The molecule has 2 N–H and O–H groups in total. The van der Waals surface area contributed by atoms with E-state index in [1.54, 1.807) is 0 Å². The molecule has 3 rings (SSSR count). The van der Waals surface area contributed by atoms with Gasteiger partial charge in [-0.1, -0.05) is 45.7 Å². The quantitative estimate of drug-likeness (QED) is 0.721. The monoisotopic (exact) mass is 360 g/mol. The third-order valence-corrected chi connectivity index (χ3v) is 4.49. The molecule has 106 valence electrons. The van der Waals surface area contributed by atoms with Crippen molar-refractivity contribution in [2.45, 2.75) is 12.5 Å². The van der Waals surface area contributed by atoms with E-state index in [1.165, 1.54) is 5.56 Å². The van der Waals surface area contributed by atoms with Crippen LogP contribution in [0, 0.1) is 0 Å². The molecule has 0 saturated heterocycles. The molecule has 1 atom stereocenters. The zero-order chi connectivity index (χ0) is 14.8. The molecule has 1 aromatic heterocycles. The molecule has 1 unspecified atom stereocenters. The molecule has 2 aromatic carbocycles. The summed E-state index contributed by atoms with van der Waals surface area (Å²) in [6.07, 6.45) is 2.57. The van der Waals surface area contributed by atoms with E-state index < -0.39 is 0 Å². The van der Waals surface area contributed by atoms with Crippen molar-refractivity contribution in [2.24, 2.45) is 5.73 Å². The number of nitrogens with two attached hydrogens (primary N) is 1. The van der Waals surface area contributed by atoms with Crippen molar-refractivity contribution in [3.63, 3.8) is 0 Å². The Kier molecular flexibility index (Phi) is 4.24. The second kappa shape index (κ2) is 6.14. The molecule has 0 fully saturated rings. The van der Waals surface area contributed by atoms with Crippen LogP contribution in [0.1, 0.15) is 17.2 Å². The number of pyridine rings is 1. The Hall–Kier alpha value is -1.42. The van der Waals surface area contributed by atoms with E-state index in [0.29, 0.717) is 5.02 Å². The van der Waals surface area contributed by atoms with Gasteiger partial charge in [-0.25, -0.2) is 0 Å². The van der Waals surface area contributed by atoms with Crippen LogP contribution < -0.4 is 5.73 Å². The molecular weight excluding hydrogens is 348 g/mol. The molecule has 0 aliphatic rings. The summed E-state index contributed by atoms with van der Waals surface area (Å²) in [5, 5.41) is 1.84. The summed E-state index contributed by atoms with van der Waals surface area (Å²) in [5.41, 5.74) is 9.58. The predicted molar refractivity (Wildman–Crippen MR) is 91.5 cm³/mol. The highest BCUT2D eigenvalue weighted by Crippen LogP contribution is 2.29. The zero-order valence-corrected chi connectivity index (χ0v) is 13.6. The number of benzene rings is 2. The third kappa shape index (κ3) is 3.10. The maximum absolute atomic E-state index is 6.38. The summed E-state index contributed by atoms with van der Waals surface area (Å²) in [4.78, 5) is 4.38. The maximum atomic E-state index is 6.38. The standard InChI is InChI=1S/C17H14BrClN2/c18-15-6-5-12(19)10-14(15)16(20)9-11-7-8-21-17-4-2-1-3-13(11)17/h1-8,10,16H,9,20H2. The minimum Gasteiger partial charge on any atom is -0.324 e. The lowest BCUT2D eigenvalue weighted by atomic mass is 9.97. The fourth-order valence-electron chi connectivity index (χ4n) is 2.48. The lowest BCUT2D eigenvalue weighted by Crippen LogP contribution is -2.14. The lowest BCUT2D eigenvalue weighted by molar-refractivity contribution is 0.721. The summed E-state index contributed by atoms with van der Waals surface area (Å²) in [6, 6.07) is 15.7. The number of hydrogen-bond acceptors (Lipinski definition) is 2. The largest absolute Gasteiger partial charge is 0.324 e. The van der Waals surface area contributed by atoms with Gasteiger partial charge >= 0.3 is 0 Å². The molecule has 1 heterocycles. The second-order valence-corrected chi connectivity index (χ2v) is 6.25. The van der Waals surface area contributed by atoms with Gasteiger partial charge in [0.25, 0.3) is 0 Å². The van der Waals surface area contributed by atoms with Crippen molar-refractivity contribution >= 4 is 38.4 Å². The maximum Gasteiger partial charge on any atom is 0.0704 e. The highest BCUT2D eigenvalue weighted by atomic mass is 79.9. The molecule has 0 aliphatic heterocycles. The normalized spacial score (nSPS) is 12.5. The molecule has 0 amide bonds. The van der Waals surface area contributed by atoms with Crippen LogP contribution in [0.4, 0.5) is 0 Å². The molecule has 2 nitrogen and oxygen atoms in total. The molecule has 0 saturated carbocycles. The Morgan fingerprint density at radius 2 is 1.95 bits per heavy atom. The Labute approximate surface area is 137 Å². The number of rotatable bonds is 3. The van der Waals surface area contributed by atoms with Crippen LogP contribution in [-0.2, 0) is 6.42 Å². The van der Waals surface area contributed by atoms with Gasteiger partial charge in [0, 0.05) is 27.1 Å². The Morgan fingerprint density at radius 1 is 1.14 bits per heavy atom. The third-order valence-electron chi connectivity index (χ3n) is 3.54. The van der Waals surface area contributed by atoms with Crippen LogP contribution in [0.3, 0.4) is 0 Å². The van der Waals surface area contributed by atoms with Gasteiger partial charge in [0.05, 0.1) is 5.52 Å².